The van der Waals surface area contributed by atoms with Crippen LogP contribution in [0.2, 0.25) is 0 Å². The standard InChI is InChI=1S/C15H18O6S/c1-14(2)20-12-11-8-18-15(19-11,13(12)21-14)9-22(16,17)10-6-4-3-5-7-10/h3-7,11-13H,8-9H2,1-2H3/t11-,12-,13?,15-/m1/s1. The van der Waals surface area contributed by atoms with Crippen molar-refractivity contribution in [3.63, 3.8) is 0 Å². The van der Waals surface area contributed by atoms with E-state index in [1.54, 1.807) is 30.3 Å². The van der Waals surface area contributed by atoms with Crippen molar-refractivity contribution in [1.29, 1.82) is 0 Å². The summed E-state index contributed by atoms with van der Waals surface area (Å²) in [5, 5.41) is 0. The molecule has 4 atom stereocenters. The van der Waals surface area contributed by atoms with E-state index in [1.807, 2.05) is 13.8 Å². The molecule has 0 aliphatic carbocycles. The van der Waals surface area contributed by atoms with Gasteiger partial charge in [-0.25, -0.2) is 8.42 Å². The average molecular weight is 326 g/mol. The molecule has 0 N–H and O–H groups in total. The zero-order chi connectivity index (χ0) is 15.6. The molecule has 3 heterocycles. The molecule has 0 spiro atoms. The molecule has 0 aromatic heterocycles. The van der Waals surface area contributed by atoms with Gasteiger partial charge < -0.3 is 18.9 Å². The summed E-state index contributed by atoms with van der Waals surface area (Å²) in [5.74, 6) is -2.31. The summed E-state index contributed by atoms with van der Waals surface area (Å²) in [6.07, 6.45) is -1.09. The van der Waals surface area contributed by atoms with Crippen LogP contribution in [-0.4, -0.2) is 50.7 Å². The maximum atomic E-state index is 12.7. The lowest BCUT2D eigenvalue weighted by molar-refractivity contribution is -0.231. The van der Waals surface area contributed by atoms with Crippen LogP contribution >= 0.6 is 0 Å². The molecule has 4 rings (SSSR count). The van der Waals surface area contributed by atoms with Gasteiger partial charge in [0.05, 0.1) is 11.5 Å². The predicted octanol–water partition coefficient (Wildman–Crippen LogP) is 1.11. The first kappa shape index (κ1) is 14.6. The zero-order valence-electron chi connectivity index (χ0n) is 12.4. The number of hydrogen-bond acceptors (Lipinski definition) is 6. The average Bonchev–Trinajstić information content (AvgIpc) is 3.07. The van der Waals surface area contributed by atoms with Gasteiger partial charge in [-0.15, -0.1) is 0 Å². The highest BCUT2D eigenvalue weighted by atomic mass is 32.2. The van der Waals surface area contributed by atoms with Crippen molar-refractivity contribution < 1.29 is 27.4 Å². The minimum Gasteiger partial charge on any atom is -0.344 e. The summed E-state index contributed by atoms with van der Waals surface area (Å²) in [4.78, 5) is 0.252. The van der Waals surface area contributed by atoms with E-state index in [4.69, 9.17) is 18.9 Å². The van der Waals surface area contributed by atoms with Crippen LogP contribution in [0.15, 0.2) is 35.2 Å². The lowest BCUT2D eigenvalue weighted by Gasteiger charge is -2.31. The number of hydrogen-bond donors (Lipinski definition) is 0. The highest BCUT2D eigenvalue weighted by Crippen LogP contribution is 2.49. The van der Waals surface area contributed by atoms with E-state index >= 15 is 0 Å². The van der Waals surface area contributed by atoms with Crippen LogP contribution in [0.3, 0.4) is 0 Å². The van der Waals surface area contributed by atoms with Crippen molar-refractivity contribution in [2.75, 3.05) is 12.4 Å². The summed E-state index contributed by atoms with van der Waals surface area (Å²) in [5.41, 5.74) is 0. The van der Waals surface area contributed by atoms with Gasteiger partial charge in [0.1, 0.15) is 24.1 Å². The number of rotatable bonds is 3. The lowest BCUT2D eigenvalue weighted by atomic mass is 10.0. The van der Waals surface area contributed by atoms with Gasteiger partial charge in [-0.05, 0) is 26.0 Å². The van der Waals surface area contributed by atoms with E-state index in [2.05, 4.69) is 0 Å². The summed E-state index contributed by atoms with van der Waals surface area (Å²) in [7, 11) is -3.55. The van der Waals surface area contributed by atoms with Crippen LogP contribution < -0.4 is 0 Å². The molecule has 0 amide bonds. The van der Waals surface area contributed by atoms with Gasteiger partial charge in [-0.3, -0.25) is 0 Å². The van der Waals surface area contributed by atoms with Gasteiger partial charge in [0.25, 0.3) is 0 Å². The molecule has 2 bridgehead atoms. The topological polar surface area (TPSA) is 71.1 Å². The third kappa shape index (κ3) is 2.11. The summed E-state index contributed by atoms with van der Waals surface area (Å²) in [6.45, 7) is 3.94. The SMILES string of the molecule is CC1(C)OC2[C@H](O1)[C@H]1CO[C@]2(CS(=O)(=O)c2ccccc2)O1. The Hall–Kier alpha value is -0.990. The molecule has 1 unspecified atom stereocenters. The maximum absolute atomic E-state index is 12.7. The van der Waals surface area contributed by atoms with Crippen molar-refractivity contribution >= 4 is 9.84 Å². The quantitative estimate of drug-likeness (QED) is 0.828. The number of ether oxygens (including phenoxy) is 4. The Balaban J connectivity index is 1.65. The first-order chi connectivity index (χ1) is 10.3. The Bertz CT molecular complexity index is 685. The molecule has 7 heteroatoms. The van der Waals surface area contributed by atoms with Gasteiger partial charge in [-0.1, -0.05) is 18.2 Å². The molecule has 3 fully saturated rings. The molecular formula is C15H18O6S. The fourth-order valence-electron chi connectivity index (χ4n) is 3.39. The Morgan fingerprint density at radius 2 is 1.86 bits per heavy atom. The van der Waals surface area contributed by atoms with Gasteiger partial charge in [0.15, 0.2) is 15.6 Å². The molecule has 1 aromatic rings. The van der Waals surface area contributed by atoms with Crippen molar-refractivity contribution in [3.8, 4) is 0 Å². The fraction of sp³-hybridized carbons (Fsp3) is 0.600. The second kappa shape index (κ2) is 4.52. The first-order valence-electron chi connectivity index (χ1n) is 7.27. The number of fused-ring (bicyclic) bond motifs is 5. The maximum Gasteiger partial charge on any atom is 0.212 e. The minimum absolute atomic E-state index is 0.252. The minimum atomic E-state index is -3.55. The second-order valence-electron chi connectivity index (χ2n) is 6.37. The Labute approximate surface area is 129 Å². The second-order valence-corrected chi connectivity index (χ2v) is 8.36. The number of benzene rings is 1. The molecule has 0 radical (unpaired) electrons. The van der Waals surface area contributed by atoms with Crippen LogP contribution in [0.5, 0.6) is 0 Å². The van der Waals surface area contributed by atoms with Gasteiger partial charge >= 0.3 is 0 Å². The largest absolute Gasteiger partial charge is 0.344 e. The van der Waals surface area contributed by atoms with Crippen LogP contribution in [0.1, 0.15) is 13.8 Å². The van der Waals surface area contributed by atoms with Crippen LogP contribution in [-0.2, 0) is 28.8 Å². The molecule has 0 saturated carbocycles. The van der Waals surface area contributed by atoms with E-state index in [-0.39, 0.29) is 22.9 Å². The monoisotopic (exact) mass is 326 g/mol. The third-order valence-corrected chi connectivity index (χ3v) is 6.04. The Kier molecular flexibility index (Phi) is 3.00. The van der Waals surface area contributed by atoms with Crippen LogP contribution in [0, 0.1) is 0 Å². The number of sulfone groups is 1. The van der Waals surface area contributed by atoms with Gasteiger partial charge in [0, 0.05) is 0 Å². The lowest BCUT2D eigenvalue weighted by Crippen LogP contribution is -2.51. The predicted molar refractivity (Wildman–Crippen MR) is 75.9 cm³/mol. The highest BCUT2D eigenvalue weighted by molar-refractivity contribution is 7.91. The van der Waals surface area contributed by atoms with Crippen molar-refractivity contribution in [2.24, 2.45) is 0 Å². The molecule has 3 aliphatic heterocycles. The van der Waals surface area contributed by atoms with Crippen LogP contribution in [0.25, 0.3) is 0 Å². The van der Waals surface area contributed by atoms with E-state index in [0.717, 1.165) is 0 Å². The smallest absolute Gasteiger partial charge is 0.212 e. The van der Waals surface area contributed by atoms with Crippen molar-refractivity contribution in [1.82, 2.24) is 0 Å². The first-order valence-corrected chi connectivity index (χ1v) is 8.92. The zero-order valence-corrected chi connectivity index (χ0v) is 13.2. The molecule has 3 saturated heterocycles. The van der Waals surface area contributed by atoms with Gasteiger partial charge in [-0.2, -0.15) is 0 Å². The Morgan fingerprint density at radius 1 is 1.14 bits per heavy atom. The van der Waals surface area contributed by atoms with E-state index in [1.165, 1.54) is 0 Å². The highest BCUT2D eigenvalue weighted by Gasteiger charge is 2.68. The summed E-state index contributed by atoms with van der Waals surface area (Å²) in [6, 6.07) is 8.30. The Morgan fingerprint density at radius 3 is 2.59 bits per heavy atom. The molecule has 6 nitrogen and oxygen atoms in total. The van der Waals surface area contributed by atoms with E-state index in [0.29, 0.717) is 6.61 Å². The van der Waals surface area contributed by atoms with Crippen molar-refractivity contribution in [2.45, 2.75) is 48.6 Å². The molecule has 120 valence electrons. The fourth-order valence-corrected chi connectivity index (χ4v) is 4.98. The molecule has 3 aliphatic rings. The van der Waals surface area contributed by atoms with Crippen molar-refractivity contribution in [3.05, 3.63) is 30.3 Å². The van der Waals surface area contributed by atoms with E-state index < -0.39 is 27.5 Å². The van der Waals surface area contributed by atoms with Gasteiger partial charge in [0.2, 0.25) is 5.79 Å². The van der Waals surface area contributed by atoms with Crippen LogP contribution in [0.4, 0.5) is 0 Å². The third-order valence-electron chi connectivity index (χ3n) is 4.27. The molecular weight excluding hydrogens is 308 g/mol. The molecule has 1 aromatic carbocycles. The summed E-state index contributed by atoms with van der Waals surface area (Å²) >= 11 is 0. The van der Waals surface area contributed by atoms with E-state index in [9.17, 15) is 8.42 Å². The summed E-state index contributed by atoms with van der Waals surface area (Å²) < 4.78 is 48.5. The molecule has 22 heavy (non-hydrogen) atoms. The normalized spacial score (nSPS) is 39.1.